The number of nitrogens with one attached hydrogen (secondary N) is 1. The lowest BCUT2D eigenvalue weighted by molar-refractivity contribution is -0.142. The number of halogens is 2. The van der Waals surface area contributed by atoms with Gasteiger partial charge in [-0.1, -0.05) is 12.1 Å². The summed E-state index contributed by atoms with van der Waals surface area (Å²) in [5.74, 6) is 0.437. The molecule has 1 amide bonds. The van der Waals surface area contributed by atoms with Crippen LogP contribution in [0.2, 0.25) is 0 Å². The third-order valence-corrected chi connectivity index (χ3v) is 5.02. The fourth-order valence-corrected chi connectivity index (χ4v) is 3.44. The van der Waals surface area contributed by atoms with Gasteiger partial charge in [-0.2, -0.15) is 0 Å². The van der Waals surface area contributed by atoms with Crippen LogP contribution in [0.3, 0.4) is 0 Å². The van der Waals surface area contributed by atoms with Gasteiger partial charge in [0, 0.05) is 46.4 Å². The number of aliphatic hydroxyl groups is 1. The summed E-state index contributed by atoms with van der Waals surface area (Å²) in [6.45, 7) is 3.53. The second kappa shape index (κ2) is 10.9. The van der Waals surface area contributed by atoms with E-state index in [0.717, 1.165) is 12.8 Å². The predicted molar refractivity (Wildman–Crippen MR) is 115 cm³/mol. The molecule has 156 valence electrons. The molecule has 2 fully saturated rings. The van der Waals surface area contributed by atoms with Crippen molar-refractivity contribution in [2.24, 2.45) is 4.99 Å². The number of ether oxygens (including phenoxy) is 1. The van der Waals surface area contributed by atoms with Crippen molar-refractivity contribution in [1.82, 2.24) is 15.1 Å². The van der Waals surface area contributed by atoms with Gasteiger partial charge in [-0.3, -0.25) is 9.79 Å². The van der Waals surface area contributed by atoms with E-state index >= 15 is 0 Å². The zero-order valence-electron chi connectivity index (χ0n) is 16.0. The maximum Gasteiger partial charge on any atom is 0.251 e. The topological polar surface area (TPSA) is 77.4 Å². The number of aliphatic imine (C=N–C) groups is 1. The molecule has 9 heteroatoms. The van der Waals surface area contributed by atoms with Crippen LogP contribution in [0, 0.1) is 5.82 Å². The minimum Gasteiger partial charge on any atom is -0.387 e. The predicted octanol–water partition coefficient (Wildman–Crippen LogP) is 1.38. The van der Waals surface area contributed by atoms with E-state index in [2.05, 4.69) is 15.2 Å². The zero-order valence-corrected chi connectivity index (χ0v) is 18.3. The first kappa shape index (κ1) is 22.8. The maximum atomic E-state index is 13.0. The Bertz CT molecular complexity index is 660. The Labute approximate surface area is 182 Å². The number of guanidine groups is 1. The molecule has 2 atom stereocenters. The number of hydrogen-bond donors (Lipinski definition) is 2. The Balaban J connectivity index is 0.00000280. The standard InChI is InChI=1S/C19H27FN4O3.HI/c1-21-19(22-13-16(25)14-4-6-15(20)7-5-14)24-10-8-23(9-11-24)18(26)17-3-2-12-27-17;/h4-7,16-17,25H,2-3,8-13H2,1H3,(H,21,22);1H. The molecule has 3 rings (SSSR count). The SMILES string of the molecule is CN=C(NCC(O)c1ccc(F)cc1)N1CCN(C(=O)C2CCCO2)CC1.I. The number of hydrogen-bond acceptors (Lipinski definition) is 4. The molecular weight excluding hydrogens is 478 g/mol. The van der Waals surface area contributed by atoms with Gasteiger partial charge in [-0.05, 0) is 30.5 Å². The highest BCUT2D eigenvalue weighted by Gasteiger charge is 2.30. The molecule has 2 aliphatic heterocycles. The van der Waals surface area contributed by atoms with Crippen LogP contribution in [0.15, 0.2) is 29.3 Å². The van der Waals surface area contributed by atoms with Crippen LogP contribution in [0.5, 0.6) is 0 Å². The molecular formula is C19H28FIN4O3. The van der Waals surface area contributed by atoms with E-state index in [0.29, 0.717) is 44.3 Å². The highest BCUT2D eigenvalue weighted by atomic mass is 127. The van der Waals surface area contributed by atoms with Crippen molar-refractivity contribution in [1.29, 1.82) is 0 Å². The minimum atomic E-state index is -0.760. The normalized spacial score (nSPS) is 21.2. The van der Waals surface area contributed by atoms with Crippen molar-refractivity contribution in [2.45, 2.75) is 25.0 Å². The van der Waals surface area contributed by atoms with Crippen LogP contribution in [0.25, 0.3) is 0 Å². The van der Waals surface area contributed by atoms with E-state index in [1.54, 1.807) is 19.2 Å². The molecule has 0 spiro atoms. The number of piperazine rings is 1. The van der Waals surface area contributed by atoms with Crippen molar-refractivity contribution >= 4 is 35.8 Å². The van der Waals surface area contributed by atoms with Gasteiger partial charge < -0.3 is 25.0 Å². The molecule has 7 nitrogen and oxygen atoms in total. The first-order chi connectivity index (χ1) is 13.1. The molecule has 28 heavy (non-hydrogen) atoms. The average molecular weight is 506 g/mol. The first-order valence-electron chi connectivity index (χ1n) is 9.38. The third-order valence-electron chi connectivity index (χ3n) is 5.02. The average Bonchev–Trinajstić information content (AvgIpc) is 3.23. The van der Waals surface area contributed by atoms with Crippen molar-refractivity contribution in [3.8, 4) is 0 Å². The Kier molecular flexibility index (Phi) is 8.90. The summed E-state index contributed by atoms with van der Waals surface area (Å²) >= 11 is 0. The van der Waals surface area contributed by atoms with Gasteiger partial charge in [0.1, 0.15) is 11.9 Å². The lowest BCUT2D eigenvalue weighted by atomic mass is 10.1. The monoisotopic (exact) mass is 506 g/mol. The Morgan fingerprint density at radius 2 is 1.93 bits per heavy atom. The Hall–Kier alpha value is -1.46. The third kappa shape index (κ3) is 5.77. The lowest BCUT2D eigenvalue weighted by Gasteiger charge is -2.37. The van der Waals surface area contributed by atoms with Crippen LogP contribution in [-0.2, 0) is 9.53 Å². The Morgan fingerprint density at radius 1 is 1.29 bits per heavy atom. The maximum absolute atomic E-state index is 13.0. The number of nitrogens with zero attached hydrogens (tertiary/aromatic N) is 3. The number of amides is 1. The second-order valence-electron chi connectivity index (χ2n) is 6.81. The van der Waals surface area contributed by atoms with E-state index in [9.17, 15) is 14.3 Å². The molecule has 0 bridgehead atoms. The van der Waals surface area contributed by atoms with Gasteiger partial charge in [0.2, 0.25) is 0 Å². The van der Waals surface area contributed by atoms with Gasteiger partial charge in [-0.25, -0.2) is 4.39 Å². The quantitative estimate of drug-likeness (QED) is 0.367. The van der Waals surface area contributed by atoms with Crippen molar-refractivity contribution in [2.75, 3.05) is 46.4 Å². The smallest absolute Gasteiger partial charge is 0.251 e. The number of carbonyl (C=O) groups is 1. The summed E-state index contributed by atoms with van der Waals surface area (Å²) in [4.78, 5) is 20.6. The zero-order chi connectivity index (χ0) is 19.2. The molecule has 2 aliphatic rings. The van der Waals surface area contributed by atoms with Gasteiger partial charge in [0.05, 0.1) is 6.10 Å². The minimum absolute atomic E-state index is 0. The molecule has 1 aromatic carbocycles. The van der Waals surface area contributed by atoms with Crippen molar-refractivity contribution in [3.63, 3.8) is 0 Å². The number of rotatable bonds is 4. The molecule has 1 aromatic rings. The molecule has 0 radical (unpaired) electrons. The van der Waals surface area contributed by atoms with Crippen molar-refractivity contribution in [3.05, 3.63) is 35.6 Å². The van der Waals surface area contributed by atoms with E-state index in [4.69, 9.17) is 4.74 Å². The van der Waals surface area contributed by atoms with E-state index in [-0.39, 0.29) is 48.3 Å². The summed E-state index contributed by atoms with van der Waals surface area (Å²) in [6.07, 6.45) is 0.719. The summed E-state index contributed by atoms with van der Waals surface area (Å²) < 4.78 is 18.5. The van der Waals surface area contributed by atoms with Gasteiger partial charge in [0.25, 0.3) is 5.91 Å². The summed E-state index contributed by atoms with van der Waals surface area (Å²) in [5.41, 5.74) is 0.645. The summed E-state index contributed by atoms with van der Waals surface area (Å²) in [5, 5.41) is 13.4. The Morgan fingerprint density at radius 3 is 2.50 bits per heavy atom. The van der Waals surface area contributed by atoms with Crippen LogP contribution in [-0.4, -0.2) is 79.3 Å². The molecule has 2 N–H and O–H groups in total. The fourth-order valence-electron chi connectivity index (χ4n) is 3.44. The van der Waals surface area contributed by atoms with Crippen LogP contribution in [0.4, 0.5) is 4.39 Å². The van der Waals surface area contributed by atoms with Crippen LogP contribution >= 0.6 is 24.0 Å². The van der Waals surface area contributed by atoms with E-state index < -0.39 is 6.10 Å². The van der Waals surface area contributed by atoms with Crippen LogP contribution < -0.4 is 5.32 Å². The summed E-state index contributed by atoms with van der Waals surface area (Å²) in [6, 6.07) is 5.80. The molecule has 2 saturated heterocycles. The van der Waals surface area contributed by atoms with Crippen LogP contribution in [0.1, 0.15) is 24.5 Å². The van der Waals surface area contributed by atoms with Crippen molar-refractivity contribution < 1.29 is 19.0 Å². The number of carbonyl (C=O) groups excluding carboxylic acids is 1. The highest BCUT2D eigenvalue weighted by Crippen LogP contribution is 2.16. The number of aliphatic hydroxyl groups excluding tert-OH is 1. The van der Waals surface area contributed by atoms with E-state index in [1.165, 1.54) is 12.1 Å². The van der Waals surface area contributed by atoms with Gasteiger partial charge >= 0.3 is 0 Å². The largest absolute Gasteiger partial charge is 0.387 e. The number of benzene rings is 1. The fraction of sp³-hybridized carbons (Fsp3) is 0.579. The summed E-state index contributed by atoms with van der Waals surface area (Å²) in [7, 11) is 1.69. The molecule has 0 aliphatic carbocycles. The molecule has 0 aromatic heterocycles. The molecule has 2 unspecified atom stereocenters. The van der Waals surface area contributed by atoms with E-state index in [1.807, 2.05) is 4.90 Å². The first-order valence-corrected chi connectivity index (χ1v) is 9.38. The second-order valence-corrected chi connectivity index (χ2v) is 6.81. The highest BCUT2D eigenvalue weighted by molar-refractivity contribution is 14.0. The molecule has 0 saturated carbocycles. The molecule has 2 heterocycles. The van der Waals surface area contributed by atoms with Gasteiger partial charge in [0.15, 0.2) is 5.96 Å². The van der Waals surface area contributed by atoms with Gasteiger partial charge in [-0.15, -0.1) is 24.0 Å². The lowest BCUT2D eigenvalue weighted by Crippen LogP contribution is -2.55.